The van der Waals surface area contributed by atoms with E-state index in [-0.39, 0.29) is 0 Å². The molecule has 0 radical (unpaired) electrons. The fourth-order valence-corrected chi connectivity index (χ4v) is 1.77. The average molecular weight is 217 g/mol. The fourth-order valence-electron chi connectivity index (χ4n) is 1.77. The van der Waals surface area contributed by atoms with Crippen LogP contribution in [0.3, 0.4) is 0 Å². The third-order valence-electron chi connectivity index (χ3n) is 3.53. The predicted octanol–water partition coefficient (Wildman–Crippen LogP) is 2.92. The number of benzene rings is 1. The van der Waals surface area contributed by atoms with Crippen molar-refractivity contribution in [3.05, 3.63) is 35.9 Å². The highest BCUT2D eigenvalue weighted by Crippen LogP contribution is 2.36. The van der Waals surface area contributed by atoms with Crippen LogP contribution in [-0.2, 0) is 6.42 Å². The van der Waals surface area contributed by atoms with E-state index < -0.39 is 11.0 Å². The topological polar surface area (TPSA) is 44.0 Å². The summed E-state index contributed by atoms with van der Waals surface area (Å²) in [5, 5.41) is 19.7. The first-order valence-electron chi connectivity index (χ1n) is 5.63. The molecule has 0 saturated carbocycles. The lowest BCUT2D eigenvalue weighted by Gasteiger charge is -2.37. The third kappa shape index (κ3) is 2.43. The molecule has 0 spiro atoms. The summed E-state index contributed by atoms with van der Waals surface area (Å²) in [6.07, 6.45) is 1.15. The molecule has 0 aromatic heterocycles. The van der Waals surface area contributed by atoms with Gasteiger partial charge in [0.15, 0.2) is 0 Å². The average Bonchev–Trinajstić information content (AvgIpc) is 2.28. The van der Waals surface area contributed by atoms with Crippen molar-refractivity contribution in [1.82, 2.24) is 0 Å². The summed E-state index contributed by atoms with van der Waals surface area (Å²) < 4.78 is 0. The SMILES string of the molecule is CCC(C)(C#N)C(C)(O)Cc1ccccc1. The maximum Gasteiger partial charge on any atom is 0.0842 e. The second-order valence-corrected chi connectivity index (χ2v) is 4.73. The van der Waals surface area contributed by atoms with Crippen LogP contribution in [0.15, 0.2) is 30.3 Å². The Morgan fingerprint density at radius 2 is 1.81 bits per heavy atom. The predicted molar refractivity (Wildman–Crippen MR) is 64.8 cm³/mol. The van der Waals surface area contributed by atoms with Crippen LogP contribution in [0.1, 0.15) is 32.8 Å². The lowest BCUT2D eigenvalue weighted by atomic mass is 9.71. The van der Waals surface area contributed by atoms with Crippen LogP contribution in [0.4, 0.5) is 0 Å². The minimum absolute atomic E-state index is 0.506. The quantitative estimate of drug-likeness (QED) is 0.842. The van der Waals surface area contributed by atoms with Crippen LogP contribution in [0, 0.1) is 16.7 Å². The van der Waals surface area contributed by atoms with Crippen LogP contribution < -0.4 is 0 Å². The molecule has 1 N–H and O–H groups in total. The van der Waals surface area contributed by atoms with Crippen molar-refractivity contribution < 1.29 is 5.11 Å². The van der Waals surface area contributed by atoms with Gasteiger partial charge in [-0.3, -0.25) is 0 Å². The van der Waals surface area contributed by atoms with E-state index in [1.165, 1.54) is 0 Å². The molecular weight excluding hydrogens is 198 g/mol. The van der Waals surface area contributed by atoms with E-state index in [0.717, 1.165) is 5.56 Å². The maximum absolute atomic E-state index is 10.5. The summed E-state index contributed by atoms with van der Waals surface area (Å²) in [4.78, 5) is 0. The smallest absolute Gasteiger partial charge is 0.0842 e. The molecule has 0 aliphatic heterocycles. The Bertz CT molecular complexity index is 377. The second kappa shape index (κ2) is 4.67. The van der Waals surface area contributed by atoms with Crippen LogP contribution in [0.25, 0.3) is 0 Å². The second-order valence-electron chi connectivity index (χ2n) is 4.73. The zero-order chi connectivity index (χ0) is 12.2. The van der Waals surface area contributed by atoms with Crippen molar-refractivity contribution >= 4 is 0 Å². The van der Waals surface area contributed by atoms with E-state index in [9.17, 15) is 10.4 Å². The first kappa shape index (κ1) is 12.7. The summed E-state index contributed by atoms with van der Waals surface area (Å²) >= 11 is 0. The summed E-state index contributed by atoms with van der Waals surface area (Å²) in [7, 11) is 0. The van der Waals surface area contributed by atoms with E-state index in [4.69, 9.17) is 0 Å². The van der Waals surface area contributed by atoms with Crippen LogP contribution in [-0.4, -0.2) is 10.7 Å². The molecule has 0 fully saturated rings. The first-order valence-corrected chi connectivity index (χ1v) is 5.63. The lowest BCUT2D eigenvalue weighted by Crippen LogP contribution is -2.44. The van der Waals surface area contributed by atoms with E-state index in [1.54, 1.807) is 6.92 Å². The Balaban J connectivity index is 2.92. The Hall–Kier alpha value is -1.33. The molecule has 0 bridgehead atoms. The Labute approximate surface area is 97.5 Å². The molecule has 86 valence electrons. The number of nitriles is 1. The Kier molecular flexibility index (Phi) is 3.72. The minimum Gasteiger partial charge on any atom is -0.388 e. The van der Waals surface area contributed by atoms with Crippen molar-refractivity contribution in [1.29, 1.82) is 5.26 Å². The number of nitrogens with zero attached hydrogens (tertiary/aromatic N) is 1. The van der Waals surface area contributed by atoms with Gasteiger partial charge >= 0.3 is 0 Å². The molecule has 0 aliphatic rings. The van der Waals surface area contributed by atoms with Gasteiger partial charge in [0.2, 0.25) is 0 Å². The van der Waals surface area contributed by atoms with Gasteiger partial charge in [-0.1, -0.05) is 37.3 Å². The van der Waals surface area contributed by atoms with Crippen LogP contribution in [0.2, 0.25) is 0 Å². The third-order valence-corrected chi connectivity index (χ3v) is 3.53. The summed E-state index contributed by atoms with van der Waals surface area (Å²) in [5.74, 6) is 0. The normalized spacial score (nSPS) is 18.2. The van der Waals surface area contributed by atoms with Crippen molar-refractivity contribution in [2.24, 2.45) is 5.41 Å². The van der Waals surface area contributed by atoms with E-state index in [1.807, 2.05) is 44.2 Å². The lowest BCUT2D eigenvalue weighted by molar-refractivity contribution is -0.0317. The van der Waals surface area contributed by atoms with Gasteiger partial charge in [-0.2, -0.15) is 5.26 Å². The van der Waals surface area contributed by atoms with Gasteiger partial charge in [-0.25, -0.2) is 0 Å². The highest BCUT2D eigenvalue weighted by molar-refractivity contribution is 5.20. The molecule has 0 saturated heterocycles. The van der Waals surface area contributed by atoms with Gasteiger partial charge in [0.1, 0.15) is 0 Å². The molecule has 2 heteroatoms. The molecular formula is C14H19NO. The van der Waals surface area contributed by atoms with E-state index >= 15 is 0 Å². The van der Waals surface area contributed by atoms with Crippen molar-refractivity contribution in [2.75, 3.05) is 0 Å². The van der Waals surface area contributed by atoms with Gasteiger partial charge in [-0.05, 0) is 25.8 Å². The van der Waals surface area contributed by atoms with Gasteiger partial charge in [0.25, 0.3) is 0 Å². The molecule has 0 heterocycles. The minimum atomic E-state index is -1.00. The molecule has 1 aromatic rings. The summed E-state index contributed by atoms with van der Waals surface area (Å²) in [6, 6.07) is 12.0. The van der Waals surface area contributed by atoms with Gasteiger partial charge in [0, 0.05) is 6.42 Å². The van der Waals surface area contributed by atoms with Gasteiger partial charge < -0.3 is 5.11 Å². The highest BCUT2D eigenvalue weighted by atomic mass is 16.3. The Morgan fingerprint density at radius 3 is 2.25 bits per heavy atom. The van der Waals surface area contributed by atoms with Crippen molar-refractivity contribution in [3.8, 4) is 6.07 Å². The molecule has 1 aromatic carbocycles. The monoisotopic (exact) mass is 217 g/mol. The fraction of sp³-hybridized carbons (Fsp3) is 0.500. The number of hydrogen-bond acceptors (Lipinski definition) is 2. The molecule has 16 heavy (non-hydrogen) atoms. The van der Waals surface area contributed by atoms with Crippen LogP contribution >= 0.6 is 0 Å². The van der Waals surface area contributed by atoms with Crippen molar-refractivity contribution in [3.63, 3.8) is 0 Å². The number of aliphatic hydroxyl groups is 1. The van der Waals surface area contributed by atoms with Crippen molar-refractivity contribution in [2.45, 2.75) is 39.2 Å². The van der Waals surface area contributed by atoms with E-state index in [0.29, 0.717) is 12.8 Å². The largest absolute Gasteiger partial charge is 0.388 e. The number of rotatable bonds is 4. The molecule has 2 unspecified atom stereocenters. The Morgan fingerprint density at radius 1 is 1.25 bits per heavy atom. The first-order chi connectivity index (χ1) is 7.45. The molecule has 0 aliphatic carbocycles. The molecule has 1 rings (SSSR count). The van der Waals surface area contributed by atoms with Crippen LogP contribution in [0.5, 0.6) is 0 Å². The maximum atomic E-state index is 10.5. The van der Waals surface area contributed by atoms with E-state index in [2.05, 4.69) is 6.07 Å². The molecule has 0 amide bonds. The van der Waals surface area contributed by atoms with Gasteiger partial charge in [0.05, 0.1) is 17.1 Å². The molecule has 2 atom stereocenters. The highest BCUT2D eigenvalue weighted by Gasteiger charge is 2.42. The zero-order valence-corrected chi connectivity index (χ0v) is 10.2. The van der Waals surface area contributed by atoms with Gasteiger partial charge in [-0.15, -0.1) is 0 Å². The summed E-state index contributed by atoms with van der Waals surface area (Å²) in [6.45, 7) is 5.49. The zero-order valence-electron chi connectivity index (χ0n) is 10.2. The molecule has 2 nitrogen and oxygen atoms in total. The summed E-state index contributed by atoms with van der Waals surface area (Å²) in [5.41, 5.74) is -0.650. The standard InChI is InChI=1S/C14H19NO/c1-4-13(2,11-15)14(3,16)10-12-8-6-5-7-9-12/h5-9,16H,4,10H2,1-3H3. The number of hydrogen-bond donors (Lipinski definition) is 1.